The van der Waals surface area contributed by atoms with E-state index in [0.29, 0.717) is 12.0 Å². The molecule has 10 heavy (non-hydrogen) atoms. The first-order valence-electron chi connectivity index (χ1n) is 4.19. The van der Waals surface area contributed by atoms with Gasteiger partial charge in [0.1, 0.15) is 0 Å². The summed E-state index contributed by atoms with van der Waals surface area (Å²) in [5.74, 6) is 0.603. The second kappa shape index (κ2) is 3.35. The topological polar surface area (TPSA) is 38.0 Å². The minimum absolute atomic E-state index is 0.334. The van der Waals surface area contributed by atoms with Crippen molar-refractivity contribution in [2.24, 2.45) is 11.7 Å². The van der Waals surface area contributed by atoms with Crippen molar-refractivity contribution in [1.29, 1.82) is 0 Å². The number of hydrogen-bond donors (Lipinski definition) is 2. The van der Waals surface area contributed by atoms with Crippen molar-refractivity contribution in [2.75, 3.05) is 6.54 Å². The second-order valence-corrected chi connectivity index (χ2v) is 3.59. The molecule has 2 heteroatoms. The van der Waals surface area contributed by atoms with E-state index in [1.165, 1.54) is 12.8 Å². The molecule has 0 heterocycles. The van der Waals surface area contributed by atoms with Crippen LogP contribution in [0.4, 0.5) is 0 Å². The third-order valence-corrected chi connectivity index (χ3v) is 2.08. The summed E-state index contributed by atoms with van der Waals surface area (Å²) in [5.41, 5.74) is 5.83. The molecule has 0 aromatic carbocycles. The third-order valence-electron chi connectivity index (χ3n) is 2.08. The van der Waals surface area contributed by atoms with E-state index in [-0.39, 0.29) is 0 Å². The predicted octanol–water partition coefficient (Wildman–Crippen LogP) is 0.722. The first kappa shape index (κ1) is 8.02. The average Bonchev–Trinajstić information content (AvgIpc) is 2.64. The fourth-order valence-electron chi connectivity index (χ4n) is 0.826. The van der Waals surface area contributed by atoms with E-state index in [1.54, 1.807) is 0 Å². The van der Waals surface area contributed by atoms with Crippen molar-refractivity contribution < 1.29 is 0 Å². The van der Waals surface area contributed by atoms with Crippen molar-refractivity contribution in [3.8, 4) is 0 Å². The van der Waals surface area contributed by atoms with Crippen molar-refractivity contribution in [3.05, 3.63) is 0 Å². The molecule has 0 unspecified atom stereocenters. The molecule has 0 aromatic rings. The fraction of sp³-hybridized carbons (Fsp3) is 1.00. The zero-order valence-electron chi connectivity index (χ0n) is 6.93. The molecule has 1 aliphatic carbocycles. The Labute approximate surface area is 63.2 Å². The summed E-state index contributed by atoms with van der Waals surface area (Å²) in [7, 11) is 0. The van der Waals surface area contributed by atoms with Crippen LogP contribution in [0.1, 0.15) is 26.7 Å². The lowest BCUT2D eigenvalue weighted by Gasteiger charge is -2.15. The fourth-order valence-corrected chi connectivity index (χ4v) is 0.826. The SMILES string of the molecule is CC(C)[C@H](N)CNC1CC1. The van der Waals surface area contributed by atoms with Gasteiger partial charge in [-0.1, -0.05) is 13.8 Å². The summed E-state index contributed by atoms with van der Waals surface area (Å²) in [5, 5.41) is 3.41. The Morgan fingerprint density at radius 3 is 2.50 bits per heavy atom. The van der Waals surface area contributed by atoms with E-state index in [9.17, 15) is 0 Å². The van der Waals surface area contributed by atoms with Gasteiger partial charge in [0, 0.05) is 18.6 Å². The van der Waals surface area contributed by atoms with Gasteiger partial charge in [-0.15, -0.1) is 0 Å². The van der Waals surface area contributed by atoms with Gasteiger partial charge in [-0.2, -0.15) is 0 Å². The molecule has 0 aromatic heterocycles. The molecule has 0 radical (unpaired) electrons. The van der Waals surface area contributed by atoms with Crippen LogP contribution < -0.4 is 11.1 Å². The van der Waals surface area contributed by atoms with E-state index in [0.717, 1.165) is 12.6 Å². The molecule has 0 spiro atoms. The van der Waals surface area contributed by atoms with Crippen LogP contribution >= 0.6 is 0 Å². The first-order chi connectivity index (χ1) is 4.70. The highest BCUT2D eigenvalue weighted by Gasteiger charge is 2.21. The molecule has 0 bridgehead atoms. The molecule has 2 nitrogen and oxygen atoms in total. The lowest BCUT2D eigenvalue weighted by molar-refractivity contribution is 0.457. The van der Waals surface area contributed by atoms with Crippen LogP contribution in [0.25, 0.3) is 0 Å². The molecule has 3 N–H and O–H groups in total. The molecule has 1 atom stereocenters. The van der Waals surface area contributed by atoms with Crippen LogP contribution in [-0.2, 0) is 0 Å². The van der Waals surface area contributed by atoms with Gasteiger partial charge in [-0.3, -0.25) is 0 Å². The van der Waals surface area contributed by atoms with Crippen molar-refractivity contribution in [2.45, 2.75) is 38.8 Å². The summed E-state index contributed by atoms with van der Waals surface area (Å²) in [6, 6.07) is 1.13. The predicted molar refractivity (Wildman–Crippen MR) is 43.8 cm³/mol. The van der Waals surface area contributed by atoms with Crippen LogP contribution in [0.15, 0.2) is 0 Å². The van der Waals surface area contributed by atoms with E-state index < -0.39 is 0 Å². The Morgan fingerprint density at radius 2 is 2.10 bits per heavy atom. The van der Waals surface area contributed by atoms with Gasteiger partial charge >= 0.3 is 0 Å². The lowest BCUT2D eigenvalue weighted by Crippen LogP contribution is -2.38. The molecule has 1 rings (SSSR count). The van der Waals surface area contributed by atoms with Crippen molar-refractivity contribution >= 4 is 0 Å². The smallest absolute Gasteiger partial charge is 0.0188 e. The van der Waals surface area contributed by atoms with Crippen LogP contribution in [-0.4, -0.2) is 18.6 Å². The number of nitrogens with one attached hydrogen (secondary N) is 1. The quantitative estimate of drug-likeness (QED) is 0.607. The van der Waals surface area contributed by atoms with Crippen LogP contribution in [0, 0.1) is 5.92 Å². The number of hydrogen-bond acceptors (Lipinski definition) is 2. The maximum atomic E-state index is 5.83. The third kappa shape index (κ3) is 2.67. The number of nitrogens with two attached hydrogens (primary N) is 1. The Kier molecular flexibility index (Phi) is 2.69. The van der Waals surface area contributed by atoms with E-state index in [4.69, 9.17) is 5.73 Å². The monoisotopic (exact) mass is 142 g/mol. The largest absolute Gasteiger partial charge is 0.326 e. The van der Waals surface area contributed by atoms with Crippen LogP contribution in [0.3, 0.4) is 0 Å². The molecule has 1 fully saturated rings. The molecule has 1 saturated carbocycles. The molecule has 0 amide bonds. The van der Waals surface area contributed by atoms with E-state index in [1.807, 2.05) is 0 Å². The molecular formula is C8H18N2. The van der Waals surface area contributed by atoms with E-state index in [2.05, 4.69) is 19.2 Å². The van der Waals surface area contributed by atoms with Gasteiger partial charge < -0.3 is 11.1 Å². The molecule has 0 saturated heterocycles. The minimum atomic E-state index is 0.334. The summed E-state index contributed by atoms with van der Waals surface area (Å²) in [6.45, 7) is 5.32. The highest BCUT2D eigenvalue weighted by atomic mass is 15.0. The normalized spacial score (nSPS) is 21.6. The first-order valence-corrected chi connectivity index (χ1v) is 4.19. The molecule has 1 aliphatic rings. The Morgan fingerprint density at radius 1 is 1.50 bits per heavy atom. The molecule has 60 valence electrons. The number of rotatable bonds is 4. The zero-order chi connectivity index (χ0) is 7.56. The van der Waals surface area contributed by atoms with Crippen molar-refractivity contribution in [1.82, 2.24) is 5.32 Å². The van der Waals surface area contributed by atoms with Gasteiger partial charge in [0.05, 0.1) is 0 Å². The lowest BCUT2D eigenvalue weighted by atomic mass is 10.1. The van der Waals surface area contributed by atoms with Gasteiger partial charge in [0.25, 0.3) is 0 Å². The van der Waals surface area contributed by atoms with Gasteiger partial charge in [0.2, 0.25) is 0 Å². The second-order valence-electron chi connectivity index (χ2n) is 3.59. The van der Waals surface area contributed by atoms with Crippen LogP contribution in [0.5, 0.6) is 0 Å². The van der Waals surface area contributed by atoms with E-state index >= 15 is 0 Å². The minimum Gasteiger partial charge on any atom is -0.326 e. The maximum absolute atomic E-state index is 5.83. The van der Waals surface area contributed by atoms with Crippen molar-refractivity contribution in [3.63, 3.8) is 0 Å². The Hall–Kier alpha value is -0.0800. The summed E-state index contributed by atoms with van der Waals surface area (Å²) >= 11 is 0. The van der Waals surface area contributed by atoms with Crippen LogP contribution in [0.2, 0.25) is 0 Å². The van der Waals surface area contributed by atoms with Gasteiger partial charge in [-0.25, -0.2) is 0 Å². The highest BCUT2D eigenvalue weighted by molar-refractivity contribution is 4.83. The Bertz CT molecular complexity index is 97.4. The zero-order valence-corrected chi connectivity index (χ0v) is 6.93. The molecule has 0 aliphatic heterocycles. The standard InChI is InChI=1S/C8H18N2/c1-6(2)8(9)5-10-7-3-4-7/h6-8,10H,3-5,9H2,1-2H3/t8-/m1/s1. The van der Waals surface area contributed by atoms with Gasteiger partial charge in [0.15, 0.2) is 0 Å². The van der Waals surface area contributed by atoms with Gasteiger partial charge in [-0.05, 0) is 18.8 Å². The maximum Gasteiger partial charge on any atom is 0.0188 e. The summed E-state index contributed by atoms with van der Waals surface area (Å²) in [6.07, 6.45) is 2.70. The molecular weight excluding hydrogens is 124 g/mol. The highest BCUT2D eigenvalue weighted by Crippen LogP contribution is 2.18. The average molecular weight is 142 g/mol. The Balaban J connectivity index is 1.99. The summed E-state index contributed by atoms with van der Waals surface area (Å²) in [4.78, 5) is 0. The summed E-state index contributed by atoms with van der Waals surface area (Å²) < 4.78 is 0.